The molecule has 1 aliphatic rings. The number of ether oxygens (including phenoxy) is 1. The zero-order chi connectivity index (χ0) is 15.1. The lowest BCUT2D eigenvalue weighted by molar-refractivity contribution is -0.143. The van der Waals surface area contributed by atoms with E-state index < -0.39 is 0 Å². The Balaban J connectivity index is 2.44. The maximum Gasteiger partial charge on any atom is 0.322 e. The molecular formula is C15H31N3O2. The zero-order valence-electron chi connectivity index (χ0n) is 13.7. The van der Waals surface area contributed by atoms with Gasteiger partial charge < -0.3 is 19.9 Å². The van der Waals surface area contributed by atoms with Gasteiger partial charge in [-0.2, -0.15) is 0 Å². The molecule has 2 unspecified atom stereocenters. The molecule has 0 bridgehead atoms. The molecule has 1 N–H and O–H groups in total. The summed E-state index contributed by atoms with van der Waals surface area (Å²) in [6.07, 6.45) is 1.99. The quantitative estimate of drug-likeness (QED) is 0.705. The molecule has 0 aromatic carbocycles. The van der Waals surface area contributed by atoms with Gasteiger partial charge in [-0.1, -0.05) is 20.8 Å². The molecule has 1 saturated heterocycles. The first-order valence-electron chi connectivity index (χ1n) is 7.74. The number of nitrogens with one attached hydrogen (secondary N) is 1. The van der Waals surface area contributed by atoms with E-state index in [0.717, 1.165) is 32.6 Å². The van der Waals surface area contributed by atoms with E-state index in [1.54, 1.807) is 0 Å². The molecule has 1 rings (SSSR count). The van der Waals surface area contributed by atoms with Gasteiger partial charge in [-0.25, -0.2) is 0 Å². The highest BCUT2D eigenvalue weighted by atomic mass is 16.5. The lowest BCUT2D eigenvalue weighted by Gasteiger charge is -2.39. The maximum absolute atomic E-state index is 11.8. The van der Waals surface area contributed by atoms with E-state index in [1.165, 1.54) is 13.5 Å². The molecule has 0 aliphatic carbocycles. The summed E-state index contributed by atoms with van der Waals surface area (Å²) in [4.78, 5) is 16.7. The molecule has 0 saturated carbocycles. The molecule has 1 aliphatic heterocycles. The molecule has 5 heteroatoms. The van der Waals surface area contributed by atoms with Gasteiger partial charge in [0.15, 0.2) is 0 Å². The van der Waals surface area contributed by atoms with Crippen LogP contribution in [0.15, 0.2) is 0 Å². The van der Waals surface area contributed by atoms with Crippen LogP contribution >= 0.6 is 0 Å². The van der Waals surface area contributed by atoms with Crippen molar-refractivity contribution in [3.05, 3.63) is 0 Å². The van der Waals surface area contributed by atoms with Crippen LogP contribution in [0.3, 0.4) is 0 Å². The number of hydrogen-bond acceptors (Lipinski definition) is 5. The first kappa shape index (κ1) is 17.4. The predicted molar refractivity (Wildman–Crippen MR) is 81.8 cm³/mol. The average molecular weight is 285 g/mol. The molecule has 0 spiro atoms. The summed E-state index contributed by atoms with van der Waals surface area (Å²) in [6, 6.07) is 0.730. The zero-order valence-corrected chi connectivity index (χ0v) is 13.7. The molecular weight excluding hydrogens is 254 g/mol. The van der Waals surface area contributed by atoms with E-state index in [-0.39, 0.29) is 18.1 Å². The summed E-state index contributed by atoms with van der Waals surface area (Å²) in [6.45, 7) is 10.6. The van der Waals surface area contributed by atoms with Crippen LogP contribution in [0.5, 0.6) is 0 Å². The normalized spacial score (nSPS) is 23.0. The number of likely N-dealkylation sites (N-methyl/N-ethyl adjacent to an activating group) is 1. The summed E-state index contributed by atoms with van der Waals surface area (Å²) in [5.74, 6) is -0.153. The Hall–Kier alpha value is -0.650. The van der Waals surface area contributed by atoms with Crippen molar-refractivity contribution in [2.75, 3.05) is 40.3 Å². The molecule has 0 aromatic rings. The fourth-order valence-corrected chi connectivity index (χ4v) is 2.78. The van der Waals surface area contributed by atoms with Crippen molar-refractivity contribution in [1.29, 1.82) is 0 Å². The molecule has 0 amide bonds. The fourth-order valence-electron chi connectivity index (χ4n) is 2.78. The van der Waals surface area contributed by atoms with E-state index >= 15 is 0 Å². The number of esters is 1. The van der Waals surface area contributed by atoms with Gasteiger partial charge in [0.05, 0.1) is 7.11 Å². The van der Waals surface area contributed by atoms with E-state index in [9.17, 15) is 4.79 Å². The number of hydrogen-bond donors (Lipinski definition) is 1. The second-order valence-electron chi connectivity index (χ2n) is 6.03. The van der Waals surface area contributed by atoms with Gasteiger partial charge >= 0.3 is 5.97 Å². The molecule has 1 heterocycles. The minimum atomic E-state index is -0.195. The fraction of sp³-hybridized carbons (Fsp3) is 0.933. The van der Waals surface area contributed by atoms with Gasteiger partial charge in [0.2, 0.25) is 0 Å². The largest absolute Gasteiger partial charge is 0.468 e. The minimum Gasteiger partial charge on any atom is -0.468 e. The van der Waals surface area contributed by atoms with Crippen LogP contribution in [0.1, 0.15) is 33.6 Å². The van der Waals surface area contributed by atoms with E-state index in [2.05, 4.69) is 42.9 Å². The molecule has 0 radical (unpaired) electrons. The predicted octanol–water partition coefficient (Wildman–Crippen LogP) is 0.942. The third-order valence-electron chi connectivity index (χ3n) is 4.09. The monoisotopic (exact) mass is 285 g/mol. The van der Waals surface area contributed by atoms with Crippen LogP contribution in [0.4, 0.5) is 0 Å². The van der Waals surface area contributed by atoms with Gasteiger partial charge in [-0.3, -0.25) is 4.79 Å². The summed E-state index contributed by atoms with van der Waals surface area (Å²) in [5, 5.41) is 3.29. The topological polar surface area (TPSA) is 44.8 Å². The van der Waals surface area contributed by atoms with E-state index in [0.29, 0.717) is 6.04 Å². The van der Waals surface area contributed by atoms with Crippen molar-refractivity contribution in [2.24, 2.45) is 0 Å². The van der Waals surface area contributed by atoms with Crippen LogP contribution in [-0.4, -0.2) is 74.2 Å². The van der Waals surface area contributed by atoms with Crippen LogP contribution in [-0.2, 0) is 9.53 Å². The number of rotatable bonds is 7. The maximum atomic E-state index is 11.8. The highest BCUT2D eigenvalue weighted by Crippen LogP contribution is 2.11. The van der Waals surface area contributed by atoms with E-state index in [1.807, 2.05) is 0 Å². The standard InChI is InChI=1S/C15H31N3O2/c1-6-13-11-18(10-9-17(13)4)8-7-14(15(19)20-5)16-12(2)3/h12-14,16H,6-11H2,1-5H3. The second kappa shape index (κ2) is 8.60. The van der Waals surface area contributed by atoms with Crippen molar-refractivity contribution >= 4 is 5.97 Å². The van der Waals surface area contributed by atoms with Gasteiger partial charge in [-0.15, -0.1) is 0 Å². The SMILES string of the molecule is CCC1CN(CCC(NC(C)C)C(=O)OC)CCN1C. The molecule has 5 nitrogen and oxygen atoms in total. The van der Waals surface area contributed by atoms with Gasteiger partial charge in [0.1, 0.15) is 6.04 Å². The summed E-state index contributed by atoms with van der Waals surface area (Å²) >= 11 is 0. The van der Waals surface area contributed by atoms with Crippen LogP contribution in [0, 0.1) is 0 Å². The Kier molecular flexibility index (Phi) is 7.48. The third-order valence-corrected chi connectivity index (χ3v) is 4.09. The number of nitrogens with zero attached hydrogens (tertiary/aromatic N) is 2. The summed E-state index contributed by atoms with van der Waals surface area (Å²) in [5.41, 5.74) is 0. The lowest BCUT2D eigenvalue weighted by Crippen LogP contribution is -2.52. The number of carbonyl (C=O) groups excluding carboxylic acids is 1. The molecule has 2 atom stereocenters. The Labute approximate surface area is 123 Å². The van der Waals surface area contributed by atoms with Crippen LogP contribution in [0.25, 0.3) is 0 Å². The Morgan fingerprint density at radius 2 is 2.10 bits per heavy atom. The highest BCUT2D eigenvalue weighted by molar-refractivity contribution is 5.75. The average Bonchev–Trinajstić information content (AvgIpc) is 2.43. The summed E-state index contributed by atoms with van der Waals surface area (Å²) < 4.78 is 4.88. The van der Waals surface area contributed by atoms with Crippen molar-refractivity contribution in [3.63, 3.8) is 0 Å². The van der Waals surface area contributed by atoms with Crippen molar-refractivity contribution in [1.82, 2.24) is 15.1 Å². The molecule has 20 heavy (non-hydrogen) atoms. The Bertz CT molecular complexity index is 297. The van der Waals surface area contributed by atoms with E-state index in [4.69, 9.17) is 4.74 Å². The summed E-state index contributed by atoms with van der Waals surface area (Å²) in [7, 11) is 3.66. The number of piperazine rings is 1. The first-order chi connectivity index (χ1) is 9.47. The van der Waals surface area contributed by atoms with Crippen molar-refractivity contribution < 1.29 is 9.53 Å². The number of carbonyl (C=O) groups is 1. The minimum absolute atomic E-state index is 0.153. The Morgan fingerprint density at radius 1 is 1.40 bits per heavy atom. The van der Waals surface area contributed by atoms with Gasteiger partial charge in [0, 0.05) is 38.3 Å². The molecule has 0 aromatic heterocycles. The van der Waals surface area contributed by atoms with Gasteiger partial charge in [0.25, 0.3) is 0 Å². The van der Waals surface area contributed by atoms with Crippen molar-refractivity contribution in [3.8, 4) is 0 Å². The third kappa shape index (κ3) is 5.38. The van der Waals surface area contributed by atoms with Crippen LogP contribution in [0.2, 0.25) is 0 Å². The first-order valence-corrected chi connectivity index (χ1v) is 7.74. The molecule has 1 fully saturated rings. The Morgan fingerprint density at radius 3 is 2.65 bits per heavy atom. The van der Waals surface area contributed by atoms with Crippen molar-refractivity contribution in [2.45, 2.75) is 51.7 Å². The van der Waals surface area contributed by atoms with Crippen LogP contribution < -0.4 is 5.32 Å². The second-order valence-corrected chi connectivity index (χ2v) is 6.03. The van der Waals surface area contributed by atoms with Gasteiger partial charge in [-0.05, 0) is 19.9 Å². The highest BCUT2D eigenvalue weighted by Gasteiger charge is 2.25. The number of methoxy groups -OCH3 is 1. The smallest absolute Gasteiger partial charge is 0.322 e. The lowest BCUT2D eigenvalue weighted by atomic mass is 10.1. The molecule has 118 valence electrons.